The molecule has 5 rings (SSSR count). The molecular weight excluding hydrogens is 402 g/mol. The van der Waals surface area contributed by atoms with Crippen LogP contribution in [0.5, 0.6) is 0 Å². The maximum Gasteiger partial charge on any atom is 0.252 e. The fourth-order valence-corrected chi connectivity index (χ4v) is 4.60. The fourth-order valence-electron chi connectivity index (χ4n) is 4.60. The molecule has 1 aromatic carbocycles. The van der Waals surface area contributed by atoms with Crippen molar-refractivity contribution < 1.29 is 13.6 Å². The third-order valence-electron chi connectivity index (χ3n) is 6.12. The van der Waals surface area contributed by atoms with Gasteiger partial charge in [0.15, 0.2) is 0 Å². The zero-order chi connectivity index (χ0) is 21.5. The summed E-state index contributed by atoms with van der Waals surface area (Å²) in [6.45, 7) is 0.502. The molecule has 0 spiro atoms. The molecule has 31 heavy (non-hydrogen) atoms. The van der Waals surface area contributed by atoms with Gasteiger partial charge in [0.1, 0.15) is 17.5 Å². The van der Waals surface area contributed by atoms with E-state index in [1.54, 1.807) is 6.20 Å². The van der Waals surface area contributed by atoms with E-state index < -0.39 is 11.6 Å². The predicted molar refractivity (Wildman–Crippen MR) is 111 cm³/mol. The van der Waals surface area contributed by atoms with Crippen LogP contribution in [0.25, 0.3) is 11.3 Å². The van der Waals surface area contributed by atoms with E-state index in [0.717, 1.165) is 48.8 Å². The first-order valence-electron chi connectivity index (χ1n) is 10.6. The lowest BCUT2D eigenvalue weighted by Gasteiger charge is -2.25. The van der Waals surface area contributed by atoms with Crippen molar-refractivity contribution in [2.24, 2.45) is 0 Å². The van der Waals surface area contributed by atoms with Crippen LogP contribution in [0.4, 0.5) is 8.78 Å². The zero-order valence-electron chi connectivity index (χ0n) is 16.9. The monoisotopic (exact) mass is 424 g/mol. The van der Waals surface area contributed by atoms with Crippen LogP contribution in [0.2, 0.25) is 0 Å². The van der Waals surface area contributed by atoms with Gasteiger partial charge in [0.05, 0.1) is 5.69 Å². The van der Waals surface area contributed by atoms with Gasteiger partial charge in [-0.05, 0) is 49.8 Å². The van der Waals surface area contributed by atoms with Gasteiger partial charge in [-0.1, -0.05) is 0 Å². The minimum Gasteiger partial charge on any atom is -0.347 e. The van der Waals surface area contributed by atoms with E-state index in [-0.39, 0.29) is 23.1 Å². The predicted octanol–water partition coefficient (Wildman–Crippen LogP) is 3.14. The van der Waals surface area contributed by atoms with Crippen molar-refractivity contribution in [1.29, 1.82) is 0 Å². The van der Waals surface area contributed by atoms with Crippen LogP contribution in [0, 0.1) is 11.6 Å². The van der Waals surface area contributed by atoms with Crippen LogP contribution in [0.15, 0.2) is 35.3 Å². The standard InChI is InChI=1S/C23H22F2N4O2/c24-13-5-7-16(18(25)9-13)20-12-29-11-14(6-8-21(29)27-20)26-23(31)17-10-22(30)28-19-4-2-1-3-15(17)19/h5,7,9-10,12,14H,1-4,6,8,11H2,(H,26,31)(H,28,30). The van der Waals surface area contributed by atoms with E-state index >= 15 is 0 Å². The third-order valence-corrected chi connectivity index (χ3v) is 6.12. The largest absolute Gasteiger partial charge is 0.347 e. The number of nitrogens with zero attached hydrogens (tertiary/aromatic N) is 2. The van der Waals surface area contributed by atoms with Crippen molar-refractivity contribution in [3.8, 4) is 11.3 Å². The van der Waals surface area contributed by atoms with Crippen molar-refractivity contribution in [2.75, 3.05) is 0 Å². The Morgan fingerprint density at radius 3 is 2.84 bits per heavy atom. The highest BCUT2D eigenvalue weighted by molar-refractivity contribution is 5.96. The number of aryl methyl sites for hydroxylation is 2. The van der Waals surface area contributed by atoms with Crippen molar-refractivity contribution in [3.05, 3.63) is 75.1 Å². The number of hydrogen-bond acceptors (Lipinski definition) is 3. The van der Waals surface area contributed by atoms with Crippen LogP contribution in [0.3, 0.4) is 0 Å². The number of halogens is 2. The second-order valence-corrected chi connectivity index (χ2v) is 8.24. The summed E-state index contributed by atoms with van der Waals surface area (Å²) in [5.74, 6) is -0.713. The number of rotatable bonds is 3. The Bertz CT molecular complexity index is 1230. The van der Waals surface area contributed by atoms with Gasteiger partial charge in [-0.3, -0.25) is 9.59 Å². The number of benzene rings is 1. The highest BCUT2D eigenvalue weighted by Gasteiger charge is 2.25. The molecule has 0 saturated carbocycles. The van der Waals surface area contributed by atoms with Gasteiger partial charge >= 0.3 is 0 Å². The van der Waals surface area contributed by atoms with Crippen LogP contribution in [0.1, 0.15) is 46.7 Å². The maximum atomic E-state index is 14.1. The number of aromatic nitrogens is 3. The lowest BCUT2D eigenvalue weighted by molar-refractivity contribution is 0.0926. The molecular formula is C23H22F2N4O2. The van der Waals surface area contributed by atoms with Gasteiger partial charge < -0.3 is 14.9 Å². The number of imidazole rings is 1. The summed E-state index contributed by atoms with van der Waals surface area (Å²) in [6, 6.07) is 4.70. The molecule has 3 heterocycles. The van der Waals surface area contributed by atoms with E-state index in [9.17, 15) is 18.4 Å². The molecule has 1 amide bonds. The van der Waals surface area contributed by atoms with E-state index in [1.165, 1.54) is 18.2 Å². The number of aromatic amines is 1. The second-order valence-electron chi connectivity index (χ2n) is 8.24. The summed E-state index contributed by atoms with van der Waals surface area (Å²) in [5.41, 5.74) is 2.72. The van der Waals surface area contributed by atoms with Crippen LogP contribution in [-0.4, -0.2) is 26.5 Å². The summed E-state index contributed by atoms with van der Waals surface area (Å²) in [6.07, 6.45) is 6.65. The Hall–Kier alpha value is -3.29. The SMILES string of the molecule is O=C(NC1CCc2nc(-c3ccc(F)cc3F)cn2C1)c1cc(=O)[nH]c2c1CCCC2. The smallest absolute Gasteiger partial charge is 0.252 e. The lowest BCUT2D eigenvalue weighted by atomic mass is 9.92. The normalized spacial score (nSPS) is 17.7. The van der Waals surface area contributed by atoms with Crippen molar-refractivity contribution in [1.82, 2.24) is 19.9 Å². The summed E-state index contributed by atoms with van der Waals surface area (Å²) >= 11 is 0. The Morgan fingerprint density at radius 2 is 2.00 bits per heavy atom. The Balaban J connectivity index is 1.35. The van der Waals surface area contributed by atoms with Gasteiger partial charge in [0.25, 0.3) is 5.91 Å². The lowest BCUT2D eigenvalue weighted by Crippen LogP contribution is -2.41. The van der Waals surface area contributed by atoms with Gasteiger partial charge in [-0.15, -0.1) is 0 Å². The summed E-state index contributed by atoms with van der Waals surface area (Å²) in [5, 5.41) is 3.06. The van der Waals surface area contributed by atoms with Crippen LogP contribution >= 0.6 is 0 Å². The van der Waals surface area contributed by atoms with Gasteiger partial charge in [0.2, 0.25) is 5.56 Å². The molecule has 0 bridgehead atoms. The van der Waals surface area contributed by atoms with Crippen molar-refractivity contribution in [3.63, 3.8) is 0 Å². The molecule has 2 N–H and O–H groups in total. The topological polar surface area (TPSA) is 79.8 Å². The average molecular weight is 424 g/mol. The Kier molecular flexibility index (Phi) is 4.92. The highest BCUT2D eigenvalue weighted by atomic mass is 19.1. The molecule has 1 unspecified atom stereocenters. The molecule has 160 valence electrons. The molecule has 8 heteroatoms. The molecule has 1 aliphatic carbocycles. The number of carbonyl (C=O) groups is 1. The van der Waals surface area contributed by atoms with Crippen LogP contribution in [-0.2, 0) is 25.8 Å². The summed E-state index contributed by atoms with van der Waals surface area (Å²) < 4.78 is 29.2. The van der Waals surface area contributed by atoms with Gasteiger partial charge in [-0.2, -0.15) is 0 Å². The van der Waals surface area contributed by atoms with E-state index in [4.69, 9.17) is 0 Å². The third kappa shape index (κ3) is 3.78. The molecule has 6 nitrogen and oxygen atoms in total. The zero-order valence-corrected chi connectivity index (χ0v) is 16.9. The molecule has 1 atom stereocenters. The van der Waals surface area contributed by atoms with Crippen LogP contribution < -0.4 is 10.9 Å². The number of hydrogen-bond donors (Lipinski definition) is 2. The van der Waals surface area contributed by atoms with Gasteiger partial charge in [-0.25, -0.2) is 13.8 Å². The fraction of sp³-hybridized carbons (Fsp3) is 0.348. The van der Waals surface area contributed by atoms with Gasteiger partial charge in [0, 0.05) is 54.2 Å². The minimum atomic E-state index is -0.653. The number of carbonyl (C=O) groups excluding carboxylic acids is 1. The quantitative estimate of drug-likeness (QED) is 0.678. The van der Waals surface area contributed by atoms with Crippen molar-refractivity contribution in [2.45, 2.75) is 51.1 Å². The summed E-state index contributed by atoms with van der Waals surface area (Å²) in [7, 11) is 0. The van der Waals surface area contributed by atoms with E-state index in [0.29, 0.717) is 30.6 Å². The minimum absolute atomic E-state index is 0.126. The number of nitrogens with one attached hydrogen (secondary N) is 2. The molecule has 0 radical (unpaired) electrons. The van der Waals surface area contributed by atoms with E-state index in [2.05, 4.69) is 15.3 Å². The Labute approximate surface area is 177 Å². The summed E-state index contributed by atoms with van der Waals surface area (Å²) in [4.78, 5) is 32.3. The second kappa shape index (κ2) is 7.76. The number of fused-ring (bicyclic) bond motifs is 2. The highest BCUT2D eigenvalue weighted by Crippen LogP contribution is 2.26. The maximum absolute atomic E-state index is 14.1. The molecule has 0 fully saturated rings. The molecule has 3 aromatic rings. The molecule has 0 saturated heterocycles. The van der Waals surface area contributed by atoms with E-state index in [1.807, 2.05) is 4.57 Å². The molecule has 1 aliphatic heterocycles. The number of amides is 1. The number of H-pyrrole nitrogens is 1. The molecule has 2 aromatic heterocycles. The first-order valence-corrected chi connectivity index (χ1v) is 10.6. The average Bonchev–Trinajstić information content (AvgIpc) is 3.16. The molecule has 2 aliphatic rings. The Morgan fingerprint density at radius 1 is 1.16 bits per heavy atom. The number of pyridine rings is 1. The first-order chi connectivity index (χ1) is 15.0. The van der Waals surface area contributed by atoms with Crippen molar-refractivity contribution >= 4 is 5.91 Å². The first kappa shape index (κ1) is 19.7.